The first-order valence-electron chi connectivity index (χ1n) is 8.31. The number of nitrogens with zero attached hydrogens (tertiary/aromatic N) is 1. The van der Waals surface area contributed by atoms with E-state index in [0.29, 0.717) is 29.5 Å². The Balaban J connectivity index is 1.42. The zero-order valence-corrected chi connectivity index (χ0v) is 14.6. The molecule has 5 nitrogen and oxygen atoms in total. The first-order valence-corrected chi connectivity index (χ1v) is 9.46. The van der Waals surface area contributed by atoms with Crippen LogP contribution in [0.25, 0.3) is 11.5 Å². The number of thioether (sulfide) groups is 1. The molecule has 1 fully saturated rings. The van der Waals surface area contributed by atoms with E-state index >= 15 is 0 Å². The smallest absolute Gasteiger partial charge is 0.230 e. The molecular formula is C18H23N3O2S. The van der Waals surface area contributed by atoms with Crippen molar-refractivity contribution in [2.24, 2.45) is 0 Å². The molecule has 128 valence electrons. The third-order valence-corrected chi connectivity index (χ3v) is 5.01. The van der Waals surface area contributed by atoms with E-state index in [9.17, 15) is 4.79 Å². The lowest BCUT2D eigenvalue weighted by atomic mass is 10.0. The van der Waals surface area contributed by atoms with Crippen molar-refractivity contribution >= 4 is 17.7 Å². The maximum absolute atomic E-state index is 12.0. The lowest BCUT2D eigenvalue weighted by molar-refractivity contribution is -0.119. The molecule has 0 radical (unpaired) electrons. The topological polar surface area (TPSA) is 67.2 Å². The van der Waals surface area contributed by atoms with Crippen LogP contribution in [0.3, 0.4) is 0 Å². The number of aromatic nitrogens is 1. The van der Waals surface area contributed by atoms with Gasteiger partial charge in [0, 0.05) is 23.4 Å². The highest BCUT2D eigenvalue weighted by Gasteiger charge is 2.19. The molecule has 0 aliphatic carbocycles. The first kappa shape index (κ1) is 17.0. The van der Waals surface area contributed by atoms with Crippen LogP contribution in [0.1, 0.15) is 25.5 Å². The van der Waals surface area contributed by atoms with Crippen LogP contribution in [0, 0.1) is 0 Å². The molecule has 1 aliphatic heterocycles. The summed E-state index contributed by atoms with van der Waals surface area (Å²) in [5.74, 6) is 1.85. The van der Waals surface area contributed by atoms with E-state index in [2.05, 4.69) is 22.5 Å². The first-order chi connectivity index (χ1) is 11.7. The largest absolute Gasteiger partial charge is 0.444 e. The summed E-state index contributed by atoms with van der Waals surface area (Å²) in [6.07, 6.45) is 3.67. The molecule has 6 heteroatoms. The van der Waals surface area contributed by atoms with Crippen molar-refractivity contribution in [1.29, 1.82) is 0 Å². The van der Waals surface area contributed by atoms with Gasteiger partial charge in [0.25, 0.3) is 0 Å². The molecular weight excluding hydrogens is 322 g/mol. The molecule has 0 saturated carbocycles. The van der Waals surface area contributed by atoms with Crippen molar-refractivity contribution in [3.05, 3.63) is 42.3 Å². The van der Waals surface area contributed by atoms with E-state index in [4.69, 9.17) is 4.42 Å². The van der Waals surface area contributed by atoms with Gasteiger partial charge in [0.1, 0.15) is 6.26 Å². The number of carbonyl (C=O) groups is 1. The Morgan fingerprint density at radius 2 is 2.25 bits per heavy atom. The summed E-state index contributed by atoms with van der Waals surface area (Å²) < 4.78 is 5.51. The molecule has 0 spiro atoms. The highest BCUT2D eigenvalue weighted by molar-refractivity contribution is 7.99. The molecule has 1 aromatic heterocycles. The Hall–Kier alpha value is -1.79. The molecule has 3 rings (SSSR count). The maximum Gasteiger partial charge on any atom is 0.230 e. The number of nitrogens with one attached hydrogen (secondary N) is 2. The van der Waals surface area contributed by atoms with Gasteiger partial charge in [-0.2, -0.15) is 0 Å². The third-order valence-electron chi connectivity index (χ3n) is 4.04. The van der Waals surface area contributed by atoms with Gasteiger partial charge >= 0.3 is 0 Å². The summed E-state index contributed by atoms with van der Waals surface area (Å²) in [7, 11) is 0. The van der Waals surface area contributed by atoms with Gasteiger partial charge in [0.2, 0.25) is 11.8 Å². The summed E-state index contributed by atoms with van der Waals surface area (Å²) in [4.78, 5) is 16.5. The van der Waals surface area contributed by atoms with Gasteiger partial charge in [0.15, 0.2) is 0 Å². The zero-order chi connectivity index (χ0) is 16.8. The van der Waals surface area contributed by atoms with Crippen molar-refractivity contribution in [1.82, 2.24) is 15.6 Å². The molecule has 2 atom stereocenters. The second kappa shape index (κ2) is 8.35. The van der Waals surface area contributed by atoms with Gasteiger partial charge in [0.05, 0.1) is 11.4 Å². The van der Waals surface area contributed by atoms with Crippen molar-refractivity contribution < 1.29 is 9.21 Å². The fraction of sp³-hybridized carbons (Fsp3) is 0.444. The molecule has 1 aromatic carbocycles. The zero-order valence-electron chi connectivity index (χ0n) is 13.8. The van der Waals surface area contributed by atoms with Crippen LogP contribution in [0.4, 0.5) is 0 Å². The summed E-state index contributed by atoms with van der Waals surface area (Å²) in [5, 5.41) is 6.51. The standard InChI is InChI=1S/C18H23N3O2S/c1-13-9-15(7-8-19-13)20-17(22)12-24-11-16-10-23-18(21-16)14-5-3-2-4-6-14/h2-6,10,13,15,19H,7-9,11-12H2,1H3,(H,20,22). The third kappa shape index (κ3) is 4.85. The molecule has 2 heterocycles. The van der Waals surface area contributed by atoms with E-state index in [0.717, 1.165) is 30.6 Å². The molecule has 2 N–H and O–H groups in total. The van der Waals surface area contributed by atoms with Crippen molar-refractivity contribution in [2.75, 3.05) is 12.3 Å². The second-order valence-electron chi connectivity index (χ2n) is 6.15. The number of carbonyl (C=O) groups excluding carboxylic acids is 1. The van der Waals surface area contributed by atoms with E-state index < -0.39 is 0 Å². The average Bonchev–Trinajstić information content (AvgIpc) is 3.04. The fourth-order valence-electron chi connectivity index (χ4n) is 2.87. The molecule has 1 saturated heterocycles. The van der Waals surface area contributed by atoms with Gasteiger partial charge < -0.3 is 15.1 Å². The van der Waals surface area contributed by atoms with Crippen molar-refractivity contribution in [3.63, 3.8) is 0 Å². The monoisotopic (exact) mass is 345 g/mol. The van der Waals surface area contributed by atoms with Crippen LogP contribution >= 0.6 is 11.8 Å². The number of hydrogen-bond acceptors (Lipinski definition) is 5. The Bertz CT molecular complexity index is 659. The molecule has 0 bridgehead atoms. The van der Waals surface area contributed by atoms with Crippen LogP contribution in [0.15, 0.2) is 41.0 Å². The van der Waals surface area contributed by atoms with Gasteiger partial charge in [-0.1, -0.05) is 18.2 Å². The minimum atomic E-state index is 0.103. The minimum absolute atomic E-state index is 0.103. The number of amides is 1. The molecule has 24 heavy (non-hydrogen) atoms. The van der Waals surface area contributed by atoms with Gasteiger partial charge in [-0.3, -0.25) is 4.79 Å². The van der Waals surface area contributed by atoms with Crippen molar-refractivity contribution in [2.45, 2.75) is 37.6 Å². The summed E-state index contributed by atoms with van der Waals surface area (Å²) >= 11 is 1.56. The fourth-order valence-corrected chi connectivity index (χ4v) is 3.58. The number of oxazole rings is 1. The highest BCUT2D eigenvalue weighted by Crippen LogP contribution is 2.20. The van der Waals surface area contributed by atoms with E-state index in [1.165, 1.54) is 0 Å². The number of hydrogen-bond donors (Lipinski definition) is 2. The summed E-state index contributed by atoms with van der Waals surface area (Å²) in [6.45, 7) is 3.13. The van der Waals surface area contributed by atoms with Gasteiger partial charge in [-0.25, -0.2) is 4.98 Å². The lowest BCUT2D eigenvalue weighted by Gasteiger charge is -2.28. The lowest BCUT2D eigenvalue weighted by Crippen LogP contribution is -2.47. The Labute approximate surface area is 146 Å². The Morgan fingerprint density at radius 3 is 3.04 bits per heavy atom. The van der Waals surface area contributed by atoms with Crippen LogP contribution in [0.2, 0.25) is 0 Å². The number of rotatable bonds is 6. The van der Waals surface area contributed by atoms with Crippen LogP contribution in [0.5, 0.6) is 0 Å². The number of piperidine rings is 1. The van der Waals surface area contributed by atoms with Crippen molar-refractivity contribution in [3.8, 4) is 11.5 Å². The number of benzene rings is 1. The predicted molar refractivity (Wildman–Crippen MR) is 96.7 cm³/mol. The Kier molecular flexibility index (Phi) is 5.93. The second-order valence-corrected chi connectivity index (χ2v) is 7.13. The van der Waals surface area contributed by atoms with Crippen LogP contribution in [-0.2, 0) is 10.5 Å². The van der Waals surface area contributed by atoms with E-state index in [1.54, 1.807) is 18.0 Å². The quantitative estimate of drug-likeness (QED) is 0.843. The molecule has 1 aliphatic rings. The van der Waals surface area contributed by atoms with Crippen LogP contribution < -0.4 is 10.6 Å². The van der Waals surface area contributed by atoms with E-state index in [-0.39, 0.29) is 5.91 Å². The maximum atomic E-state index is 12.0. The summed E-state index contributed by atoms with van der Waals surface area (Å²) in [6, 6.07) is 10.6. The molecule has 1 amide bonds. The average molecular weight is 345 g/mol. The summed E-state index contributed by atoms with van der Waals surface area (Å²) in [5.41, 5.74) is 1.83. The van der Waals surface area contributed by atoms with E-state index in [1.807, 2.05) is 30.3 Å². The molecule has 2 aromatic rings. The normalized spacial score (nSPS) is 20.7. The van der Waals surface area contributed by atoms with Crippen LogP contribution in [-0.4, -0.2) is 35.3 Å². The minimum Gasteiger partial charge on any atom is -0.444 e. The molecule has 2 unspecified atom stereocenters. The van der Waals surface area contributed by atoms with Gasteiger partial charge in [-0.05, 0) is 38.4 Å². The SMILES string of the molecule is CC1CC(NC(=O)CSCc2coc(-c3ccccc3)n2)CCN1. The van der Waals surface area contributed by atoms with Gasteiger partial charge in [-0.15, -0.1) is 11.8 Å². The predicted octanol–water partition coefficient (Wildman–Crippen LogP) is 2.83. The Morgan fingerprint density at radius 1 is 1.42 bits per heavy atom. The highest BCUT2D eigenvalue weighted by atomic mass is 32.2.